The second-order valence-corrected chi connectivity index (χ2v) is 4.47. The molecule has 2 aliphatic rings. The summed E-state index contributed by atoms with van der Waals surface area (Å²) in [7, 11) is 0. The van der Waals surface area contributed by atoms with Crippen molar-refractivity contribution in [2.24, 2.45) is 0 Å². The molecule has 3 heterocycles. The molecule has 1 aromatic rings. The van der Waals surface area contributed by atoms with E-state index in [1.54, 1.807) is 12.1 Å². The van der Waals surface area contributed by atoms with E-state index in [9.17, 15) is 4.79 Å². The van der Waals surface area contributed by atoms with Crippen LogP contribution in [-0.4, -0.2) is 23.4 Å². The molecule has 5 nitrogen and oxygen atoms in total. The fraction of sp³-hybridized carbons (Fsp3) is 0.500. The zero-order valence-corrected chi connectivity index (χ0v) is 9.35. The summed E-state index contributed by atoms with van der Waals surface area (Å²) in [5.74, 6) is 1.01. The van der Waals surface area contributed by atoms with Crippen LogP contribution in [0.4, 0.5) is 0 Å². The third-order valence-corrected chi connectivity index (χ3v) is 3.46. The fourth-order valence-corrected chi connectivity index (χ4v) is 2.65. The lowest BCUT2D eigenvalue weighted by atomic mass is 10.0. The summed E-state index contributed by atoms with van der Waals surface area (Å²) in [4.78, 5) is 13.9. The minimum absolute atomic E-state index is 0.0237. The van der Waals surface area contributed by atoms with Gasteiger partial charge in [-0.2, -0.15) is 5.26 Å². The van der Waals surface area contributed by atoms with Crippen molar-refractivity contribution in [1.82, 2.24) is 10.2 Å². The van der Waals surface area contributed by atoms with Gasteiger partial charge in [0.1, 0.15) is 18.0 Å². The molecule has 0 spiro atoms. The van der Waals surface area contributed by atoms with Crippen LogP contribution >= 0.6 is 0 Å². The molecule has 0 aliphatic carbocycles. The molecule has 2 saturated heterocycles. The number of piperidine rings is 1. The van der Waals surface area contributed by atoms with E-state index in [1.807, 2.05) is 6.07 Å². The Balaban J connectivity index is 1.88. The zero-order chi connectivity index (χ0) is 11.8. The first-order chi connectivity index (χ1) is 8.29. The predicted octanol–water partition coefficient (Wildman–Crippen LogP) is 1.13. The quantitative estimate of drug-likeness (QED) is 0.786. The van der Waals surface area contributed by atoms with E-state index < -0.39 is 0 Å². The number of carbonyl (C=O) groups excluding carboxylic acids is 1. The lowest BCUT2D eigenvalue weighted by Crippen LogP contribution is -2.38. The summed E-state index contributed by atoms with van der Waals surface area (Å²) in [6.07, 6.45) is 2.92. The van der Waals surface area contributed by atoms with Crippen LogP contribution in [0.15, 0.2) is 16.5 Å². The monoisotopic (exact) mass is 231 g/mol. The van der Waals surface area contributed by atoms with Crippen LogP contribution in [0, 0.1) is 11.3 Å². The first-order valence-electron chi connectivity index (χ1n) is 5.85. The van der Waals surface area contributed by atoms with Gasteiger partial charge in [-0.3, -0.25) is 9.69 Å². The normalized spacial score (nSPS) is 28.5. The standard InChI is InChI=1S/C12H13N3O2/c13-7-8-4-5-10(17-8)11-14-12(16)9-3-1-2-6-15(9)11/h4-5,9,11H,1-3,6H2,(H,14,16)/t9-,11+/m1/s1. The van der Waals surface area contributed by atoms with Gasteiger partial charge in [-0.05, 0) is 25.0 Å². The van der Waals surface area contributed by atoms with Crippen LogP contribution in [0.3, 0.4) is 0 Å². The Labute approximate surface area is 99.0 Å². The second-order valence-electron chi connectivity index (χ2n) is 4.47. The number of nitrogens with zero attached hydrogens (tertiary/aromatic N) is 2. The fourth-order valence-electron chi connectivity index (χ4n) is 2.65. The summed E-state index contributed by atoms with van der Waals surface area (Å²) in [6.45, 7) is 0.899. The largest absolute Gasteiger partial charge is 0.447 e. The van der Waals surface area contributed by atoms with Crippen molar-refractivity contribution in [3.63, 3.8) is 0 Å². The third kappa shape index (κ3) is 1.61. The summed E-state index contributed by atoms with van der Waals surface area (Å²) >= 11 is 0. The Bertz CT molecular complexity index is 488. The number of carbonyl (C=O) groups is 1. The van der Waals surface area contributed by atoms with Gasteiger partial charge in [-0.15, -0.1) is 0 Å². The van der Waals surface area contributed by atoms with Crippen LogP contribution in [0.2, 0.25) is 0 Å². The van der Waals surface area contributed by atoms with Crippen molar-refractivity contribution in [2.75, 3.05) is 6.54 Å². The molecule has 1 aromatic heterocycles. The van der Waals surface area contributed by atoms with E-state index in [4.69, 9.17) is 9.68 Å². The van der Waals surface area contributed by atoms with Gasteiger partial charge in [-0.25, -0.2) is 0 Å². The van der Waals surface area contributed by atoms with Gasteiger partial charge in [0, 0.05) is 6.54 Å². The molecular weight excluding hydrogens is 218 g/mol. The van der Waals surface area contributed by atoms with Gasteiger partial charge >= 0.3 is 0 Å². The first-order valence-corrected chi connectivity index (χ1v) is 5.85. The Morgan fingerprint density at radius 1 is 1.47 bits per heavy atom. The van der Waals surface area contributed by atoms with Crippen molar-refractivity contribution >= 4 is 5.91 Å². The van der Waals surface area contributed by atoms with E-state index >= 15 is 0 Å². The van der Waals surface area contributed by atoms with Gasteiger partial charge in [0.15, 0.2) is 0 Å². The van der Waals surface area contributed by atoms with Gasteiger partial charge in [0.2, 0.25) is 11.7 Å². The molecule has 0 bridgehead atoms. The summed E-state index contributed by atoms with van der Waals surface area (Å²) in [5.41, 5.74) is 0. The molecule has 0 unspecified atom stereocenters. The Morgan fingerprint density at radius 2 is 2.35 bits per heavy atom. The Kier molecular flexibility index (Phi) is 2.37. The average Bonchev–Trinajstić information content (AvgIpc) is 2.95. The van der Waals surface area contributed by atoms with E-state index in [2.05, 4.69) is 10.2 Å². The highest BCUT2D eigenvalue weighted by Crippen LogP contribution is 2.32. The van der Waals surface area contributed by atoms with Crippen molar-refractivity contribution < 1.29 is 9.21 Å². The number of fused-ring (bicyclic) bond motifs is 1. The topological polar surface area (TPSA) is 69.3 Å². The highest BCUT2D eigenvalue weighted by Gasteiger charge is 2.42. The second kappa shape index (κ2) is 3.90. The number of hydrogen-bond donors (Lipinski definition) is 1. The third-order valence-electron chi connectivity index (χ3n) is 3.46. The highest BCUT2D eigenvalue weighted by molar-refractivity contribution is 5.84. The minimum Gasteiger partial charge on any atom is -0.447 e. The SMILES string of the molecule is N#Cc1ccc([C@H]2NC(=O)[C@H]3CCCCN32)o1. The van der Waals surface area contributed by atoms with E-state index in [0.29, 0.717) is 5.76 Å². The molecule has 3 rings (SSSR count). The summed E-state index contributed by atoms with van der Waals surface area (Å²) in [6, 6.07) is 5.33. The van der Waals surface area contributed by atoms with Gasteiger partial charge in [0.25, 0.3) is 0 Å². The number of hydrogen-bond acceptors (Lipinski definition) is 4. The maximum atomic E-state index is 11.8. The molecule has 88 valence electrons. The van der Waals surface area contributed by atoms with Crippen molar-refractivity contribution in [2.45, 2.75) is 31.5 Å². The van der Waals surface area contributed by atoms with Crippen LogP contribution < -0.4 is 5.32 Å². The Morgan fingerprint density at radius 3 is 3.12 bits per heavy atom. The molecule has 1 amide bonds. The summed E-state index contributed by atoms with van der Waals surface area (Å²) in [5, 5.41) is 11.7. The van der Waals surface area contributed by atoms with Gasteiger partial charge < -0.3 is 9.73 Å². The number of amides is 1. The smallest absolute Gasteiger partial charge is 0.239 e. The van der Waals surface area contributed by atoms with Crippen LogP contribution in [-0.2, 0) is 4.79 Å². The molecule has 17 heavy (non-hydrogen) atoms. The first kappa shape index (κ1) is 10.4. The number of rotatable bonds is 1. The van der Waals surface area contributed by atoms with Crippen LogP contribution in [0.5, 0.6) is 0 Å². The number of furan rings is 1. The zero-order valence-electron chi connectivity index (χ0n) is 9.35. The van der Waals surface area contributed by atoms with Crippen LogP contribution in [0.1, 0.15) is 36.9 Å². The lowest BCUT2D eigenvalue weighted by Gasteiger charge is -2.30. The van der Waals surface area contributed by atoms with Crippen LogP contribution in [0.25, 0.3) is 0 Å². The van der Waals surface area contributed by atoms with Crippen molar-refractivity contribution in [3.05, 3.63) is 23.7 Å². The predicted molar refractivity (Wildman–Crippen MR) is 58.7 cm³/mol. The lowest BCUT2D eigenvalue weighted by molar-refractivity contribution is -0.122. The molecule has 2 atom stereocenters. The van der Waals surface area contributed by atoms with E-state index in [0.717, 1.165) is 25.8 Å². The van der Waals surface area contributed by atoms with E-state index in [-0.39, 0.29) is 23.9 Å². The van der Waals surface area contributed by atoms with E-state index in [1.165, 1.54) is 0 Å². The van der Waals surface area contributed by atoms with Crippen molar-refractivity contribution in [3.8, 4) is 6.07 Å². The molecule has 0 aromatic carbocycles. The minimum atomic E-state index is -0.199. The molecule has 5 heteroatoms. The van der Waals surface area contributed by atoms with Gasteiger partial charge in [0.05, 0.1) is 6.04 Å². The molecule has 2 aliphatic heterocycles. The highest BCUT2D eigenvalue weighted by atomic mass is 16.3. The molecule has 0 saturated carbocycles. The molecule has 0 radical (unpaired) electrons. The maximum Gasteiger partial charge on any atom is 0.239 e. The Hall–Kier alpha value is -1.80. The summed E-state index contributed by atoms with van der Waals surface area (Å²) < 4.78 is 5.40. The van der Waals surface area contributed by atoms with Gasteiger partial charge in [-0.1, -0.05) is 6.42 Å². The number of nitriles is 1. The maximum absolute atomic E-state index is 11.8. The average molecular weight is 231 g/mol. The molecule has 1 N–H and O–H groups in total. The number of nitrogens with one attached hydrogen (secondary N) is 1. The molecular formula is C12H13N3O2. The van der Waals surface area contributed by atoms with Crippen molar-refractivity contribution in [1.29, 1.82) is 5.26 Å². The molecule has 2 fully saturated rings.